The zero-order valence-corrected chi connectivity index (χ0v) is 22.3. The van der Waals surface area contributed by atoms with Crippen LogP contribution in [0.4, 0.5) is 0 Å². The molecule has 34 heavy (non-hydrogen) atoms. The fraction of sp³-hybridized carbons (Fsp3) is 0.630. The predicted octanol–water partition coefficient (Wildman–Crippen LogP) is 5.47. The van der Waals surface area contributed by atoms with Crippen LogP contribution in [0.15, 0.2) is 22.6 Å². The Morgan fingerprint density at radius 2 is 1.91 bits per heavy atom. The number of ketones is 2. The third-order valence-corrected chi connectivity index (χ3v) is 7.61. The highest BCUT2D eigenvalue weighted by Crippen LogP contribution is 2.31. The molecule has 188 valence electrons. The summed E-state index contributed by atoms with van der Waals surface area (Å²) in [5.74, 6) is -2.11. The van der Waals surface area contributed by atoms with E-state index in [1.165, 1.54) is 0 Å². The van der Waals surface area contributed by atoms with E-state index in [0.29, 0.717) is 12.8 Å². The second-order valence-corrected chi connectivity index (χ2v) is 11.2. The molecule has 0 unspecified atom stereocenters. The number of Topliss-reactive ketones (excluding diaryl/α,β-unsaturated/α-hetero) is 2. The minimum absolute atomic E-state index is 0.111. The van der Waals surface area contributed by atoms with Crippen molar-refractivity contribution in [1.82, 2.24) is 4.98 Å². The maximum Gasteiger partial charge on any atom is 0.309 e. The number of nitrogens with zero attached hydrogens (tertiary/aromatic N) is 1. The Hall–Kier alpha value is -2.12. The molecule has 0 fully saturated rings. The zero-order valence-electron chi connectivity index (χ0n) is 21.5. The fourth-order valence-corrected chi connectivity index (χ4v) is 4.81. The summed E-state index contributed by atoms with van der Waals surface area (Å²) in [6.45, 7) is 12.5. The van der Waals surface area contributed by atoms with E-state index in [2.05, 4.69) is 11.1 Å². The number of allylic oxidation sites excluding steroid dienone is 1. The largest absolute Gasteiger partial charge is 0.457 e. The molecule has 1 aliphatic rings. The van der Waals surface area contributed by atoms with Gasteiger partial charge in [-0.2, -0.15) is 0 Å². The normalized spacial score (nSPS) is 29.9. The molecule has 1 aromatic heterocycles. The van der Waals surface area contributed by atoms with Crippen molar-refractivity contribution in [3.05, 3.63) is 33.3 Å². The van der Waals surface area contributed by atoms with E-state index in [1.807, 2.05) is 39.2 Å². The van der Waals surface area contributed by atoms with Gasteiger partial charge in [-0.3, -0.25) is 14.4 Å². The van der Waals surface area contributed by atoms with Gasteiger partial charge in [0.1, 0.15) is 11.9 Å². The quantitative estimate of drug-likeness (QED) is 0.336. The van der Waals surface area contributed by atoms with E-state index in [4.69, 9.17) is 4.74 Å². The molecule has 0 aliphatic carbocycles. The number of rotatable bonds is 2. The summed E-state index contributed by atoms with van der Waals surface area (Å²) < 4.78 is 5.79. The lowest BCUT2D eigenvalue weighted by Crippen LogP contribution is -2.44. The third-order valence-electron chi connectivity index (χ3n) is 6.82. The van der Waals surface area contributed by atoms with Crippen LogP contribution < -0.4 is 0 Å². The average Bonchev–Trinajstić information content (AvgIpc) is 3.18. The number of aliphatic hydroxyl groups excluding tert-OH is 1. The number of ether oxygens (including phenoxy) is 1. The van der Waals surface area contributed by atoms with Gasteiger partial charge in [-0.15, -0.1) is 11.3 Å². The van der Waals surface area contributed by atoms with Crippen LogP contribution in [0.1, 0.15) is 84.3 Å². The van der Waals surface area contributed by atoms with Crippen molar-refractivity contribution in [3.8, 4) is 0 Å². The van der Waals surface area contributed by atoms with Gasteiger partial charge in [0, 0.05) is 17.7 Å². The Balaban J connectivity index is 2.34. The Morgan fingerprint density at radius 3 is 2.53 bits per heavy atom. The van der Waals surface area contributed by atoms with E-state index in [-0.39, 0.29) is 23.9 Å². The summed E-state index contributed by atoms with van der Waals surface area (Å²) in [4.78, 5) is 43.2. The van der Waals surface area contributed by atoms with Gasteiger partial charge in [0.25, 0.3) is 0 Å². The van der Waals surface area contributed by atoms with Gasteiger partial charge in [-0.1, -0.05) is 32.4 Å². The van der Waals surface area contributed by atoms with Crippen LogP contribution in [0.5, 0.6) is 0 Å². The molecule has 1 N–H and O–H groups in total. The van der Waals surface area contributed by atoms with Crippen LogP contribution >= 0.6 is 11.3 Å². The van der Waals surface area contributed by atoms with Gasteiger partial charge in [0.2, 0.25) is 0 Å². The van der Waals surface area contributed by atoms with Crippen molar-refractivity contribution in [2.75, 3.05) is 0 Å². The SMILES string of the molecule is C/C1=C/C[C@@H](/C(C)=C/c2csc(C)n2)OC(=O)C[C@H](O)C(C)(C)C(=O)[C@H](C)C(=O)[C@@H](C)CCC1. The van der Waals surface area contributed by atoms with Crippen molar-refractivity contribution >= 4 is 34.9 Å². The highest BCUT2D eigenvalue weighted by molar-refractivity contribution is 7.09. The molecule has 4 atom stereocenters. The summed E-state index contributed by atoms with van der Waals surface area (Å²) in [7, 11) is 0. The lowest BCUT2D eigenvalue weighted by Gasteiger charge is -2.32. The van der Waals surface area contributed by atoms with Crippen LogP contribution in [0.2, 0.25) is 0 Å². The molecule has 7 heteroatoms. The summed E-state index contributed by atoms with van der Waals surface area (Å²) in [5.41, 5.74) is 1.60. The van der Waals surface area contributed by atoms with Crippen molar-refractivity contribution < 1.29 is 24.2 Å². The van der Waals surface area contributed by atoms with Crippen molar-refractivity contribution in [3.63, 3.8) is 0 Å². The van der Waals surface area contributed by atoms with Crippen LogP contribution in [-0.2, 0) is 19.1 Å². The summed E-state index contributed by atoms with van der Waals surface area (Å²) in [6, 6.07) is 0. The standard InChI is InChI=1S/C27H39NO5S/c1-16-9-8-10-17(2)25(31)19(4)26(32)27(6,7)23(29)14-24(30)33-22(12-11-16)18(3)13-21-15-34-20(5)28-21/h11,13,15,17,19,22-23,29H,8-10,12,14H2,1-7H3/b16-11-,18-13+/t17-,19+,22-,23-/m0/s1. The van der Waals surface area contributed by atoms with Gasteiger partial charge in [0.05, 0.1) is 34.6 Å². The second kappa shape index (κ2) is 12.0. The Morgan fingerprint density at radius 1 is 1.24 bits per heavy atom. The molecule has 1 aliphatic heterocycles. The molecule has 0 radical (unpaired) electrons. The first-order chi connectivity index (χ1) is 15.8. The molecule has 6 nitrogen and oxygen atoms in total. The Bertz CT molecular complexity index is 958. The van der Waals surface area contributed by atoms with Crippen LogP contribution in [-0.4, -0.2) is 39.8 Å². The molecule has 0 saturated carbocycles. The van der Waals surface area contributed by atoms with Gasteiger partial charge in [-0.05, 0) is 58.6 Å². The molecule has 1 aromatic rings. The first kappa shape index (κ1) is 28.1. The smallest absolute Gasteiger partial charge is 0.309 e. The Labute approximate surface area is 207 Å². The summed E-state index contributed by atoms with van der Waals surface area (Å²) >= 11 is 1.56. The first-order valence-electron chi connectivity index (χ1n) is 12.0. The molecule has 2 heterocycles. The van der Waals surface area contributed by atoms with Crippen molar-refractivity contribution in [2.45, 2.75) is 92.8 Å². The van der Waals surface area contributed by atoms with Gasteiger partial charge >= 0.3 is 5.97 Å². The number of thiazole rings is 1. The topological polar surface area (TPSA) is 93.6 Å². The number of aliphatic hydroxyl groups is 1. The number of aryl methyl sites for hydroxylation is 1. The zero-order chi connectivity index (χ0) is 25.6. The monoisotopic (exact) mass is 489 g/mol. The molecule has 0 spiro atoms. The van der Waals surface area contributed by atoms with Gasteiger partial charge in [0.15, 0.2) is 5.78 Å². The fourth-order valence-electron chi connectivity index (χ4n) is 4.24. The minimum atomic E-state index is -1.26. The molecule has 2 rings (SSSR count). The van der Waals surface area contributed by atoms with Crippen molar-refractivity contribution in [2.24, 2.45) is 17.3 Å². The molecular weight excluding hydrogens is 450 g/mol. The van der Waals surface area contributed by atoms with Gasteiger partial charge < -0.3 is 9.84 Å². The van der Waals surface area contributed by atoms with E-state index in [1.54, 1.807) is 32.1 Å². The van der Waals surface area contributed by atoms with E-state index < -0.39 is 29.5 Å². The highest BCUT2D eigenvalue weighted by atomic mass is 32.1. The van der Waals surface area contributed by atoms with Crippen LogP contribution in [0.3, 0.4) is 0 Å². The molecular formula is C27H39NO5S. The number of aromatic nitrogens is 1. The first-order valence-corrected chi connectivity index (χ1v) is 12.9. The number of cyclic esters (lactones) is 1. The van der Waals surface area contributed by atoms with Crippen LogP contribution in [0.25, 0.3) is 6.08 Å². The number of esters is 1. The predicted molar refractivity (Wildman–Crippen MR) is 135 cm³/mol. The summed E-state index contributed by atoms with van der Waals surface area (Å²) in [5, 5.41) is 13.7. The highest BCUT2D eigenvalue weighted by Gasteiger charge is 2.42. The molecule has 0 amide bonds. The number of carbonyl (C=O) groups excluding carboxylic acids is 3. The van der Waals surface area contributed by atoms with E-state index in [9.17, 15) is 19.5 Å². The minimum Gasteiger partial charge on any atom is -0.457 e. The van der Waals surface area contributed by atoms with E-state index >= 15 is 0 Å². The number of hydrogen-bond acceptors (Lipinski definition) is 7. The average molecular weight is 490 g/mol. The molecule has 0 bridgehead atoms. The second-order valence-electron chi connectivity index (χ2n) is 10.2. The lowest BCUT2D eigenvalue weighted by molar-refractivity contribution is -0.153. The van der Waals surface area contributed by atoms with E-state index in [0.717, 1.165) is 34.7 Å². The lowest BCUT2D eigenvalue weighted by atomic mass is 9.73. The number of hydrogen-bond donors (Lipinski definition) is 1. The van der Waals surface area contributed by atoms with Gasteiger partial charge in [-0.25, -0.2) is 4.98 Å². The molecule has 0 saturated heterocycles. The Kier molecular flexibility index (Phi) is 9.95. The van der Waals surface area contributed by atoms with Crippen molar-refractivity contribution in [1.29, 1.82) is 0 Å². The maximum atomic E-state index is 13.1. The van der Waals surface area contributed by atoms with Crippen LogP contribution in [0, 0.1) is 24.2 Å². The maximum absolute atomic E-state index is 13.1. The summed E-state index contributed by atoms with van der Waals surface area (Å²) in [6.07, 6.45) is 4.79. The number of carbonyl (C=O) groups is 3. The third kappa shape index (κ3) is 7.44. The molecule has 0 aromatic carbocycles.